The molecule has 0 fully saturated rings. The molecule has 0 aliphatic heterocycles. The fourth-order valence-electron chi connectivity index (χ4n) is 5.55. The molecule has 0 saturated carbocycles. The maximum Gasteiger partial charge on any atom is 0.333 e. The summed E-state index contributed by atoms with van der Waals surface area (Å²) in [7, 11) is 5.68. The predicted molar refractivity (Wildman–Crippen MR) is 200 cm³/mol. The van der Waals surface area contributed by atoms with Gasteiger partial charge in [0.05, 0.1) is 28.4 Å². The molecule has 0 amide bonds. The van der Waals surface area contributed by atoms with Gasteiger partial charge in [0.2, 0.25) is 0 Å². The number of esters is 4. The Morgan fingerprint density at radius 3 is 0.840 bits per heavy atom. The van der Waals surface area contributed by atoms with E-state index in [0.29, 0.717) is 30.4 Å². The van der Waals surface area contributed by atoms with E-state index in [9.17, 15) is 19.2 Å². The maximum atomic E-state index is 11.9. The topological polar surface area (TPSA) is 105 Å². The molecule has 278 valence electrons. The van der Waals surface area contributed by atoms with Crippen molar-refractivity contribution >= 4 is 23.9 Å². The van der Waals surface area contributed by atoms with Crippen LogP contribution in [0.2, 0.25) is 0 Å². The van der Waals surface area contributed by atoms with Crippen LogP contribution in [-0.4, -0.2) is 52.3 Å². The average Bonchev–Trinajstić information content (AvgIpc) is 3.13. The lowest BCUT2D eigenvalue weighted by atomic mass is 10.0. The summed E-state index contributed by atoms with van der Waals surface area (Å²) in [4.78, 5) is 47.3. The lowest BCUT2D eigenvalue weighted by molar-refractivity contribution is -0.137. The summed E-state index contributed by atoms with van der Waals surface area (Å²) in [6.07, 6.45) is 38.9. The van der Waals surface area contributed by atoms with Crippen LogP contribution in [0.3, 0.4) is 0 Å². The summed E-state index contributed by atoms with van der Waals surface area (Å²) in [5, 5.41) is 0. The summed E-state index contributed by atoms with van der Waals surface area (Å²) < 4.78 is 19.4. The summed E-state index contributed by atoms with van der Waals surface area (Å²) in [6, 6.07) is 0. The molecule has 0 unspecified atom stereocenters. The molecule has 0 bridgehead atoms. The number of hydrogen-bond acceptors (Lipinski definition) is 8. The molecule has 8 heteroatoms. The standard InChI is InChI=1S/C24H36O4.C18H26O4/c1-27-23(25)21-17-13-9-5-3-7-11-15-19-22(24(26)28-2)20-16-12-8-4-6-10-14-18-21;1-21-17(19)15-11-8-6-4-3-5-7-9-12-16(14-10-13-15)18(20)22-2/h5,8-9,12,18-19H,3-4,6-7,10-11,13-17,20H2,1-2H3;4,6,12-13H,3,5,7-11,14H2,1-2H3/b9-5-,12-8-,21-18+,22-19+;6-4-,15-13+,16-12+. The number of rotatable bonds is 4. The highest BCUT2D eigenvalue weighted by Gasteiger charge is 2.12. The third kappa shape index (κ3) is 21.2. The molecule has 0 aromatic heterocycles. The Hall–Kier alpha value is -3.94. The molecule has 0 heterocycles. The molecule has 50 heavy (non-hydrogen) atoms. The second-order valence-corrected chi connectivity index (χ2v) is 12.3. The minimum atomic E-state index is -0.288. The van der Waals surface area contributed by atoms with E-state index < -0.39 is 0 Å². The first kappa shape index (κ1) is 44.1. The third-order valence-electron chi connectivity index (χ3n) is 8.48. The molecule has 0 spiro atoms. The molecule has 2 aliphatic carbocycles. The van der Waals surface area contributed by atoms with E-state index >= 15 is 0 Å². The minimum Gasteiger partial charge on any atom is -0.466 e. The Labute approximate surface area is 301 Å². The van der Waals surface area contributed by atoms with Crippen molar-refractivity contribution < 1.29 is 38.1 Å². The Bertz CT molecular complexity index is 1180. The summed E-state index contributed by atoms with van der Waals surface area (Å²) in [6.45, 7) is 0. The lowest BCUT2D eigenvalue weighted by Crippen LogP contribution is -2.07. The van der Waals surface area contributed by atoms with Crippen LogP contribution >= 0.6 is 0 Å². The number of allylic oxidation sites excluding steroid dienone is 10. The number of hydrogen-bond donors (Lipinski definition) is 0. The minimum absolute atomic E-state index is 0.205. The Morgan fingerprint density at radius 1 is 0.340 bits per heavy atom. The summed E-state index contributed by atoms with van der Waals surface area (Å²) in [5.41, 5.74) is 2.94. The van der Waals surface area contributed by atoms with E-state index in [2.05, 4.69) is 36.5 Å². The average molecular weight is 695 g/mol. The fourth-order valence-corrected chi connectivity index (χ4v) is 5.55. The van der Waals surface area contributed by atoms with Crippen LogP contribution < -0.4 is 0 Å². The van der Waals surface area contributed by atoms with Gasteiger partial charge in [-0.3, -0.25) is 0 Å². The molecular weight excluding hydrogens is 632 g/mol. The SMILES string of the molecule is COC(=O)/C1=C/CC/C(C(=O)OC)=C\CCCC/C=C\CC1.COC(=O)/C1=C/CCCC/C=C\CC/C(C(=O)OC)=C\CCCC/C=C\CC1. The zero-order valence-electron chi connectivity index (χ0n) is 31.2. The van der Waals surface area contributed by atoms with Crippen LogP contribution in [0.25, 0.3) is 0 Å². The number of ether oxygens (including phenoxy) is 4. The highest BCUT2D eigenvalue weighted by molar-refractivity contribution is 5.90. The van der Waals surface area contributed by atoms with Crippen molar-refractivity contribution in [2.75, 3.05) is 28.4 Å². The van der Waals surface area contributed by atoms with E-state index in [1.54, 1.807) is 0 Å². The summed E-state index contributed by atoms with van der Waals surface area (Å²) >= 11 is 0. The normalized spacial score (nSPS) is 24.2. The van der Waals surface area contributed by atoms with Crippen molar-refractivity contribution in [1.29, 1.82) is 0 Å². The zero-order valence-corrected chi connectivity index (χ0v) is 31.2. The van der Waals surface area contributed by atoms with Gasteiger partial charge in [-0.25, -0.2) is 19.2 Å². The van der Waals surface area contributed by atoms with Crippen LogP contribution in [0, 0.1) is 0 Å². The van der Waals surface area contributed by atoms with Gasteiger partial charge in [0.1, 0.15) is 0 Å². The maximum absolute atomic E-state index is 11.9. The molecule has 0 atom stereocenters. The molecular formula is C42H62O8. The summed E-state index contributed by atoms with van der Waals surface area (Å²) in [5.74, 6) is -0.976. The smallest absolute Gasteiger partial charge is 0.333 e. The van der Waals surface area contributed by atoms with Crippen molar-refractivity contribution in [1.82, 2.24) is 0 Å². The van der Waals surface area contributed by atoms with Crippen LogP contribution in [-0.2, 0) is 38.1 Å². The number of methoxy groups -OCH3 is 4. The molecule has 0 aromatic carbocycles. The number of carbonyl (C=O) groups is 4. The Morgan fingerprint density at radius 2 is 0.560 bits per heavy atom. The first-order chi connectivity index (χ1) is 24.4. The van der Waals surface area contributed by atoms with Gasteiger partial charge in [0, 0.05) is 22.3 Å². The van der Waals surface area contributed by atoms with Crippen LogP contribution in [0.5, 0.6) is 0 Å². The van der Waals surface area contributed by atoms with Gasteiger partial charge < -0.3 is 18.9 Å². The van der Waals surface area contributed by atoms with E-state index in [4.69, 9.17) is 18.9 Å². The van der Waals surface area contributed by atoms with Crippen LogP contribution in [0.4, 0.5) is 0 Å². The predicted octanol–water partition coefficient (Wildman–Crippen LogP) is 9.87. The van der Waals surface area contributed by atoms with Gasteiger partial charge in [0.25, 0.3) is 0 Å². The highest BCUT2D eigenvalue weighted by atomic mass is 16.5. The molecule has 0 N–H and O–H groups in total. The molecule has 8 nitrogen and oxygen atoms in total. The van der Waals surface area contributed by atoms with Crippen molar-refractivity contribution in [3.63, 3.8) is 0 Å². The van der Waals surface area contributed by atoms with Gasteiger partial charge in [0.15, 0.2) is 0 Å². The third-order valence-corrected chi connectivity index (χ3v) is 8.48. The second-order valence-electron chi connectivity index (χ2n) is 12.3. The quantitative estimate of drug-likeness (QED) is 0.163. The molecule has 0 radical (unpaired) electrons. The van der Waals surface area contributed by atoms with Gasteiger partial charge in [-0.15, -0.1) is 0 Å². The molecule has 0 aromatic rings. The Kier molecular flexibility index (Phi) is 26.4. The monoisotopic (exact) mass is 694 g/mol. The first-order valence-electron chi connectivity index (χ1n) is 18.4. The van der Waals surface area contributed by atoms with E-state index in [-0.39, 0.29) is 23.9 Å². The number of carbonyl (C=O) groups excluding carboxylic acids is 4. The van der Waals surface area contributed by atoms with E-state index in [1.165, 1.54) is 28.4 Å². The largest absolute Gasteiger partial charge is 0.466 e. The highest BCUT2D eigenvalue weighted by Crippen LogP contribution is 2.17. The van der Waals surface area contributed by atoms with Crippen LogP contribution in [0.1, 0.15) is 128 Å². The van der Waals surface area contributed by atoms with Crippen molar-refractivity contribution in [2.24, 2.45) is 0 Å². The van der Waals surface area contributed by atoms with Crippen LogP contribution in [0.15, 0.2) is 83.1 Å². The molecule has 2 rings (SSSR count). The second kappa shape index (κ2) is 29.9. The zero-order chi connectivity index (χ0) is 36.7. The van der Waals surface area contributed by atoms with E-state index in [1.807, 2.05) is 24.3 Å². The van der Waals surface area contributed by atoms with Crippen molar-refractivity contribution in [3.05, 3.63) is 83.1 Å². The first-order valence-corrected chi connectivity index (χ1v) is 18.4. The molecule has 0 saturated heterocycles. The van der Waals surface area contributed by atoms with Crippen molar-refractivity contribution in [3.8, 4) is 0 Å². The van der Waals surface area contributed by atoms with Gasteiger partial charge in [-0.1, -0.05) is 60.8 Å². The lowest BCUT2D eigenvalue weighted by Gasteiger charge is -2.07. The van der Waals surface area contributed by atoms with Gasteiger partial charge in [-0.2, -0.15) is 0 Å². The molecule has 2 aliphatic rings. The van der Waals surface area contributed by atoms with Gasteiger partial charge in [-0.05, 0) is 128 Å². The fraction of sp³-hybridized carbons (Fsp3) is 0.571. The van der Waals surface area contributed by atoms with Gasteiger partial charge >= 0.3 is 23.9 Å². The Balaban J connectivity index is 0.000000515. The van der Waals surface area contributed by atoms with Crippen molar-refractivity contribution in [2.45, 2.75) is 128 Å². The van der Waals surface area contributed by atoms with E-state index in [0.717, 1.165) is 120 Å².